The molecule has 0 fully saturated rings. The molecule has 0 aliphatic rings. The van der Waals surface area contributed by atoms with Gasteiger partial charge in [0.1, 0.15) is 5.25 Å². The molecule has 9 heteroatoms. The van der Waals surface area contributed by atoms with Gasteiger partial charge in [-0.3, -0.25) is 9.59 Å². The number of sulfone groups is 1. The highest BCUT2D eigenvalue weighted by Crippen LogP contribution is 2.19. The van der Waals surface area contributed by atoms with E-state index < -0.39 is 21.0 Å². The second-order valence-corrected chi connectivity index (χ2v) is 8.68. The van der Waals surface area contributed by atoms with Crippen molar-refractivity contribution in [1.29, 1.82) is 0 Å². The topological polar surface area (TPSA) is 117 Å². The molecule has 1 aromatic carbocycles. The molecule has 0 spiro atoms. The number of carbonyl (C=O) groups excluding carboxylic acids is 1. The standard InChI is InChI=1S/C19H20N4O4S/c1-28(26,27)17(19(20)25)8-12-22-11-7-15(13-18(22)24)14-3-5-16(6-4-14)23-10-2-9-21-23/h2-7,9-11,13,17H,8,12H2,1H3,(H2,20,25). The molecule has 1 unspecified atom stereocenters. The van der Waals surface area contributed by atoms with Gasteiger partial charge in [-0.05, 0) is 41.8 Å². The van der Waals surface area contributed by atoms with Crippen LogP contribution < -0.4 is 11.3 Å². The molecule has 3 aromatic rings. The van der Waals surface area contributed by atoms with Crippen molar-refractivity contribution in [3.63, 3.8) is 0 Å². The smallest absolute Gasteiger partial charge is 0.251 e. The molecule has 28 heavy (non-hydrogen) atoms. The predicted octanol–water partition coefficient (Wildman–Crippen LogP) is 0.990. The van der Waals surface area contributed by atoms with Crippen molar-refractivity contribution in [3.8, 4) is 16.8 Å². The van der Waals surface area contributed by atoms with E-state index >= 15 is 0 Å². The second-order valence-electron chi connectivity index (χ2n) is 6.45. The molecular weight excluding hydrogens is 380 g/mol. The van der Waals surface area contributed by atoms with E-state index in [1.807, 2.05) is 36.5 Å². The van der Waals surface area contributed by atoms with Gasteiger partial charge in [-0.25, -0.2) is 13.1 Å². The number of aryl methyl sites for hydroxylation is 1. The van der Waals surface area contributed by atoms with E-state index in [4.69, 9.17) is 5.73 Å². The number of primary amides is 1. The fourth-order valence-electron chi connectivity index (χ4n) is 2.92. The molecule has 2 N–H and O–H groups in total. The normalized spacial score (nSPS) is 12.6. The van der Waals surface area contributed by atoms with Crippen LogP contribution in [0.25, 0.3) is 16.8 Å². The summed E-state index contributed by atoms with van der Waals surface area (Å²) in [7, 11) is -3.62. The Labute approximate surface area is 162 Å². The summed E-state index contributed by atoms with van der Waals surface area (Å²) in [5.41, 5.74) is 7.38. The fraction of sp³-hybridized carbons (Fsp3) is 0.211. The molecule has 146 valence electrons. The third-order valence-corrected chi connectivity index (χ3v) is 5.93. The Morgan fingerprint density at radius 1 is 1.14 bits per heavy atom. The lowest BCUT2D eigenvalue weighted by molar-refractivity contribution is -0.117. The van der Waals surface area contributed by atoms with Crippen molar-refractivity contribution in [2.75, 3.05) is 6.26 Å². The maximum absolute atomic E-state index is 12.4. The summed E-state index contributed by atoms with van der Waals surface area (Å²) in [5, 5.41) is 2.86. The number of rotatable bonds is 7. The van der Waals surface area contributed by atoms with E-state index in [9.17, 15) is 18.0 Å². The highest BCUT2D eigenvalue weighted by molar-refractivity contribution is 7.92. The quantitative estimate of drug-likeness (QED) is 0.635. The van der Waals surface area contributed by atoms with E-state index in [1.54, 1.807) is 23.1 Å². The van der Waals surface area contributed by atoms with Crippen LogP contribution in [0.3, 0.4) is 0 Å². The molecule has 0 aliphatic carbocycles. The zero-order chi connectivity index (χ0) is 20.3. The molecule has 0 saturated heterocycles. The number of nitrogens with two attached hydrogens (primary N) is 1. The van der Waals surface area contributed by atoms with Crippen LogP contribution in [0.2, 0.25) is 0 Å². The van der Waals surface area contributed by atoms with Crippen LogP contribution >= 0.6 is 0 Å². The van der Waals surface area contributed by atoms with Gasteiger partial charge in [-0.1, -0.05) is 12.1 Å². The van der Waals surface area contributed by atoms with Gasteiger partial charge in [0.15, 0.2) is 9.84 Å². The van der Waals surface area contributed by atoms with Gasteiger partial charge in [0.25, 0.3) is 5.56 Å². The number of nitrogens with zero attached hydrogens (tertiary/aromatic N) is 3. The summed E-state index contributed by atoms with van der Waals surface area (Å²) in [4.78, 5) is 23.7. The summed E-state index contributed by atoms with van der Waals surface area (Å²) in [6, 6.07) is 12.7. The summed E-state index contributed by atoms with van der Waals surface area (Å²) < 4.78 is 26.4. The van der Waals surface area contributed by atoms with E-state index in [1.165, 1.54) is 10.6 Å². The molecule has 1 atom stereocenters. The number of hydrogen-bond donors (Lipinski definition) is 1. The largest absolute Gasteiger partial charge is 0.369 e. The summed E-state index contributed by atoms with van der Waals surface area (Å²) in [6.45, 7) is 0.0814. The summed E-state index contributed by atoms with van der Waals surface area (Å²) in [5.74, 6) is -0.913. The number of carbonyl (C=O) groups is 1. The highest BCUT2D eigenvalue weighted by Gasteiger charge is 2.26. The van der Waals surface area contributed by atoms with Crippen molar-refractivity contribution in [3.05, 3.63) is 71.4 Å². The molecule has 0 aliphatic heterocycles. The van der Waals surface area contributed by atoms with Crippen LogP contribution in [0.5, 0.6) is 0 Å². The SMILES string of the molecule is CS(=O)(=O)C(CCn1ccc(-c2ccc(-n3cccn3)cc2)cc1=O)C(N)=O. The van der Waals surface area contributed by atoms with Gasteiger partial charge < -0.3 is 10.3 Å². The highest BCUT2D eigenvalue weighted by atomic mass is 32.2. The average Bonchev–Trinajstić information content (AvgIpc) is 3.16. The van der Waals surface area contributed by atoms with Crippen molar-refractivity contribution < 1.29 is 13.2 Å². The molecule has 1 amide bonds. The van der Waals surface area contributed by atoms with Gasteiger partial charge in [0.2, 0.25) is 5.91 Å². The van der Waals surface area contributed by atoms with Crippen molar-refractivity contribution in [2.24, 2.45) is 5.73 Å². The molecule has 8 nitrogen and oxygen atoms in total. The number of pyridine rings is 1. The van der Waals surface area contributed by atoms with E-state index in [-0.39, 0.29) is 18.5 Å². The molecule has 3 rings (SSSR count). The Morgan fingerprint density at radius 3 is 2.39 bits per heavy atom. The minimum Gasteiger partial charge on any atom is -0.369 e. The Hall–Kier alpha value is -3.20. The minimum atomic E-state index is -3.62. The first kappa shape index (κ1) is 19.6. The predicted molar refractivity (Wildman–Crippen MR) is 106 cm³/mol. The van der Waals surface area contributed by atoms with Crippen molar-refractivity contribution in [1.82, 2.24) is 14.3 Å². The van der Waals surface area contributed by atoms with Gasteiger partial charge in [-0.2, -0.15) is 5.10 Å². The zero-order valence-corrected chi connectivity index (χ0v) is 16.0. The number of hydrogen-bond acceptors (Lipinski definition) is 5. The van der Waals surface area contributed by atoms with Crippen LogP contribution in [0.1, 0.15) is 6.42 Å². The molecule has 0 radical (unpaired) electrons. The minimum absolute atomic E-state index is 0.0496. The number of amides is 1. The summed E-state index contributed by atoms with van der Waals surface area (Å²) in [6.07, 6.45) is 6.03. The number of benzene rings is 1. The first-order valence-electron chi connectivity index (χ1n) is 8.55. The molecule has 2 heterocycles. The van der Waals surface area contributed by atoms with Gasteiger partial charge in [0, 0.05) is 37.5 Å². The second kappa shape index (κ2) is 7.81. The first-order chi connectivity index (χ1) is 13.3. The summed E-state index contributed by atoms with van der Waals surface area (Å²) >= 11 is 0. The van der Waals surface area contributed by atoms with Crippen molar-refractivity contribution >= 4 is 15.7 Å². The molecule has 0 saturated carbocycles. The first-order valence-corrected chi connectivity index (χ1v) is 10.5. The lowest BCUT2D eigenvalue weighted by atomic mass is 10.1. The Morgan fingerprint density at radius 2 is 1.86 bits per heavy atom. The van der Waals surface area contributed by atoms with Gasteiger partial charge in [0.05, 0.1) is 5.69 Å². The monoisotopic (exact) mass is 400 g/mol. The Kier molecular flexibility index (Phi) is 5.46. The lowest BCUT2D eigenvalue weighted by Gasteiger charge is -2.13. The Balaban J connectivity index is 1.77. The van der Waals surface area contributed by atoms with Crippen molar-refractivity contribution in [2.45, 2.75) is 18.2 Å². The average molecular weight is 400 g/mol. The van der Waals surface area contributed by atoms with Crippen LogP contribution in [-0.2, 0) is 21.2 Å². The van der Waals surface area contributed by atoms with Gasteiger partial charge in [-0.15, -0.1) is 0 Å². The van der Waals surface area contributed by atoms with Crippen LogP contribution in [0.4, 0.5) is 0 Å². The number of aromatic nitrogens is 3. The molecule has 2 aromatic heterocycles. The molecule has 0 bridgehead atoms. The van der Waals surface area contributed by atoms with Crippen LogP contribution in [-0.4, -0.2) is 40.2 Å². The lowest BCUT2D eigenvalue weighted by Crippen LogP contribution is -2.36. The van der Waals surface area contributed by atoms with Gasteiger partial charge >= 0.3 is 0 Å². The van der Waals surface area contributed by atoms with Crippen LogP contribution in [0.15, 0.2) is 65.8 Å². The maximum atomic E-state index is 12.4. The van der Waals surface area contributed by atoms with Crippen LogP contribution in [0, 0.1) is 0 Å². The van der Waals surface area contributed by atoms with E-state index in [0.717, 1.165) is 23.1 Å². The third kappa shape index (κ3) is 4.37. The maximum Gasteiger partial charge on any atom is 0.251 e. The third-order valence-electron chi connectivity index (χ3n) is 4.43. The zero-order valence-electron chi connectivity index (χ0n) is 15.2. The Bertz CT molecular complexity index is 1130. The van der Waals surface area contributed by atoms with E-state index in [2.05, 4.69) is 5.10 Å². The van der Waals surface area contributed by atoms with E-state index in [0.29, 0.717) is 0 Å². The fourth-order valence-corrected chi connectivity index (χ4v) is 3.88. The molecular formula is C19H20N4O4S.